The van der Waals surface area contributed by atoms with Crippen molar-refractivity contribution < 1.29 is 4.92 Å². The van der Waals surface area contributed by atoms with Crippen LogP contribution in [0, 0.1) is 17.0 Å². The van der Waals surface area contributed by atoms with Crippen LogP contribution in [0.2, 0.25) is 0 Å². The molecule has 0 atom stereocenters. The summed E-state index contributed by atoms with van der Waals surface area (Å²) in [5.41, 5.74) is 3.52. The van der Waals surface area contributed by atoms with E-state index in [0.717, 1.165) is 0 Å². The molecule has 0 aliphatic rings. The van der Waals surface area contributed by atoms with Gasteiger partial charge < -0.3 is 0 Å². The van der Waals surface area contributed by atoms with Gasteiger partial charge >= 0.3 is 5.69 Å². The number of nitrogens with one attached hydrogen (secondary N) is 1. The lowest BCUT2D eigenvalue weighted by atomic mass is 10.4. The molecule has 2 rings (SSSR count). The molecular weight excluding hydrogens is 248 g/mol. The van der Waals surface area contributed by atoms with Crippen LogP contribution < -0.4 is 5.43 Å². The average Bonchev–Trinajstić information content (AvgIpc) is 2.65. The lowest BCUT2D eigenvalue weighted by Gasteiger charge is -1.99. The first kappa shape index (κ1) is 12.7. The molecule has 0 spiro atoms. The van der Waals surface area contributed by atoms with Gasteiger partial charge in [0.15, 0.2) is 0 Å². The molecule has 0 unspecified atom stereocenters. The van der Waals surface area contributed by atoms with E-state index in [9.17, 15) is 10.1 Å². The molecule has 1 N–H and O–H groups in total. The van der Waals surface area contributed by atoms with Gasteiger partial charge in [0, 0.05) is 13.2 Å². The minimum absolute atomic E-state index is 0.0827. The Morgan fingerprint density at radius 3 is 2.95 bits per heavy atom. The summed E-state index contributed by atoms with van der Waals surface area (Å²) < 4.78 is 1.38. The van der Waals surface area contributed by atoms with Crippen molar-refractivity contribution in [1.29, 1.82) is 0 Å². The van der Waals surface area contributed by atoms with Crippen molar-refractivity contribution in [3.05, 3.63) is 45.9 Å². The van der Waals surface area contributed by atoms with Gasteiger partial charge in [-0.2, -0.15) is 10.2 Å². The smallest absolute Gasteiger partial charge is 0.258 e. The van der Waals surface area contributed by atoms with Gasteiger partial charge in [0.1, 0.15) is 5.69 Å². The number of hydrogen-bond acceptors (Lipinski definition) is 6. The Labute approximate surface area is 108 Å². The number of nitro groups is 1. The van der Waals surface area contributed by atoms with Crippen LogP contribution in [-0.4, -0.2) is 25.9 Å². The highest BCUT2D eigenvalue weighted by Crippen LogP contribution is 2.26. The summed E-state index contributed by atoms with van der Waals surface area (Å²) in [4.78, 5) is 14.5. The Balaban J connectivity index is 2.20. The molecular formula is C11H12N6O2. The quantitative estimate of drug-likeness (QED) is 0.510. The van der Waals surface area contributed by atoms with Crippen molar-refractivity contribution in [3.63, 3.8) is 0 Å². The number of hydrazone groups is 1. The van der Waals surface area contributed by atoms with Crippen molar-refractivity contribution in [2.75, 3.05) is 5.43 Å². The number of anilines is 1. The topological polar surface area (TPSA) is 98.2 Å². The van der Waals surface area contributed by atoms with Gasteiger partial charge in [-0.25, -0.2) is 4.68 Å². The summed E-state index contributed by atoms with van der Waals surface area (Å²) in [6.45, 7) is 1.58. The van der Waals surface area contributed by atoms with E-state index in [-0.39, 0.29) is 11.5 Å². The Kier molecular flexibility index (Phi) is 3.51. The fraction of sp³-hybridized carbons (Fsp3) is 0.182. The summed E-state index contributed by atoms with van der Waals surface area (Å²) in [5.74, 6) is 0.231. The second-order valence-corrected chi connectivity index (χ2v) is 3.79. The zero-order valence-electron chi connectivity index (χ0n) is 10.4. The average molecular weight is 260 g/mol. The van der Waals surface area contributed by atoms with Crippen LogP contribution in [-0.2, 0) is 7.05 Å². The van der Waals surface area contributed by atoms with Gasteiger partial charge in [0.2, 0.25) is 5.82 Å². The number of pyridine rings is 1. The fourth-order valence-corrected chi connectivity index (χ4v) is 1.60. The number of rotatable bonds is 4. The summed E-state index contributed by atoms with van der Waals surface area (Å²) in [6, 6.07) is 5.39. The summed E-state index contributed by atoms with van der Waals surface area (Å²) >= 11 is 0. The number of nitrogens with zero attached hydrogens (tertiary/aromatic N) is 5. The third kappa shape index (κ3) is 2.73. The van der Waals surface area contributed by atoms with E-state index in [4.69, 9.17) is 0 Å². The van der Waals surface area contributed by atoms with E-state index < -0.39 is 4.92 Å². The Morgan fingerprint density at radius 2 is 2.32 bits per heavy atom. The van der Waals surface area contributed by atoms with E-state index in [1.54, 1.807) is 32.3 Å². The third-order valence-electron chi connectivity index (χ3n) is 2.43. The molecule has 19 heavy (non-hydrogen) atoms. The molecule has 0 radical (unpaired) electrons. The van der Waals surface area contributed by atoms with Gasteiger partial charge in [-0.1, -0.05) is 6.07 Å². The molecule has 8 nitrogen and oxygen atoms in total. The SMILES string of the molecule is Cc1nn(C)c(NN=Cc2ccccn2)c1[N+](=O)[O-]. The predicted molar refractivity (Wildman–Crippen MR) is 70.1 cm³/mol. The molecule has 98 valence electrons. The maximum Gasteiger partial charge on any atom is 0.335 e. The highest BCUT2D eigenvalue weighted by atomic mass is 16.6. The zero-order valence-corrected chi connectivity index (χ0v) is 10.4. The molecule has 0 saturated carbocycles. The minimum Gasteiger partial charge on any atom is -0.258 e. The molecule has 0 aliphatic carbocycles. The summed E-state index contributed by atoms with van der Waals surface area (Å²) in [5, 5.41) is 18.8. The molecule has 8 heteroatoms. The lowest BCUT2D eigenvalue weighted by molar-refractivity contribution is -0.384. The van der Waals surface area contributed by atoms with Gasteiger partial charge in [0.05, 0.1) is 16.8 Å². The number of aromatic nitrogens is 3. The van der Waals surface area contributed by atoms with Crippen molar-refractivity contribution in [2.45, 2.75) is 6.92 Å². The standard InChI is InChI=1S/C11H12N6O2/c1-8-10(17(18)19)11(16(2)15-8)14-13-7-9-5-3-4-6-12-9/h3-7,14H,1-2H3. The van der Waals surface area contributed by atoms with Crippen molar-refractivity contribution in [1.82, 2.24) is 14.8 Å². The Hall–Kier alpha value is -2.77. The van der Waals surface area contributed by atoms with Crippen LogP contribution in [0.25, 0.3) is 0 Å². The van der Waals surface area contributed by atoms with Crippen molar-refractivity contribution in [3.8, 4) is 0 Å². The first-order chi connectivity index (χ1) is 9.09. The van der Waals surface area contributed by atoms with Gasteiger partial charge in [-0.05, 0) is 19.1 Å². The molecule has 0 aromatic carbocycles. The predicted octanol–water partition coefficient (Wildman–Crippen LogP) is 1.48. The van der Waals surface area contributed by atoms with Gasteiger partial charge in [0.25, 0.3) is 0 Å². The van der Waals surface area contributed by atoms with Crippen LogP contribution in [0.15, 0.2) is 29.5 Å². The Morgan fingerprint density at radius 1 is 1.53 bits per heavy atom. The maximum atomic E-state index is 10.9. The summed E-state index contributed by atoms with van der Waals surface area (Å²) in [6.07, 6.45) is 3.12. The molecule has 0 amide bonds. The van der Waals surface area contributed by atoms with Gasteiger partial charge in [-0.15, -0.1) is 0 Å². The molecule has 2 heterocycles. The molecule has 0 bridgehead atoms. The first-order valence-electron chi connectivity index (χ1n) is 5.47. The monoisotopic (exact) mass is 260 g/mol. The second-order valence-electron chi connectivity index (χ2n) is 3.79. The minimum atomic E-state index is -0.485. The summed E-state index contributed by atoms with van der Waals surface area (Å²) in [7, 11) is 1.61. The number of aryl methyl sites for hydroxylation is 2. The number of hydrogen-bond donors (Lipinski definition) is 1. The molecule has 2 aromatic rings. The molecule has 0 fully saturated rings. The normalized spacial score (nSPS) is 10.8. The lowest BCUT2D eigenvalue weighted by Crippen LogP contribution is -2.01. The third-order valence-corrected chi connectivity index (χ3v) is 2.43. The molecule has 2 aromatic heterocycles. The maximum absolute atomic E-state index is 10.9. The van der Waals surface area contributed by atoms with Crippen molar-refractivity contribution in [2.24, 2.45) is 12.1 Å². The highest BCUT2D eigenvalue weighted by molar-refractivity contribution is 5.77. The van der Waals surface area contributed by atoms with E-state index in [0.29, 0.717) is 11.4 Å². The van der Waals surface area contributed by atoms with E-state index in [1.807, 2.05) is 6.07 Å². The van der Waals surface area contributed by atoms with Gasteiger partial charge in [-0.3, -0.25) is 20.5 Å². The molecule has 0 saturated heterocycles. The van der Waals surface area contributed by atoms with E-state index >= 15 is 0 Å². The van der Waals surface area contributed by atoms with Crippen LogP contribution in [0.5, 0.6) is 0 Å². The zero-order chi connectivity index (χ0) is 13.8. The first-order valence-corrected chi connectivity index (χ1v) is 5.47. The molecule has 0 aliphatic heterocycles. The van der Waals surface area contributed by atoms with Crippen LogP contribution >= 0.6 is 0 Å². The van der Waals surface area contributed by atoms with Crippen LogP contribution in [0.1, 0.15) is 11.4 Å². The van der Waals surface area contributed by atoms with Crippen molar-refractivity contribution >= 4 is 17.7 Å². The largest absolute Gasteiger partial charge is 0.335 e. The van der Waals surface area contributed by atoms with E-state index in [1.165, 1.54) is 10.9 Å². The Bertz CT molecular complexity index is 620. The van der Waals surface area contributed by atoms with Crippen LogP contribution in [0.4, 0.5) is 11.5 Å². The fourth-order valence-electron chi connectivity index (χ4n) is 1.60. The second kappa shape index (κ2) is 5.25. The van der Waals surface area contributed by atoms with E-state index in [2.05, 4.69) is 20.6 Å². The van der Waals surface area contributed by atoms with Crippen LogP contribution in [0.3, 0.4) is 0 Å². The highest BCUT2D eigenvalue weighted by Gasteiger charge is 2.23.